The summed E-state index contributed by atoms with van der Waals surface area (Å²) in [5, 5.41) is 0. The number of benzene rings is 2. The first-order chi connectivity index (χ1) is 20.1. The number of esters is 1. The molecule has 1 atom stereocenters. The van der Waals surface area contributed by atoms with Gasteiger partial charge in [0.15, 0.2) is 0 Å². The maximum Gasteiger partial charge on any atom is 0.345 e. The van der Waals surface area contributed by atoms with E-state index in [1.165, 1.54) is 24.6 Å². The molecule has 0 amide bonds. The van der Waals surface area contributed by atoms with E-state index in [1.807, 2.05) is 6.08 Å². The van der Waals surface area contributed by atoms with Crippen molar-refractivity contribution in [1.29, 1.82) is 0 Å². The molecule has 216 valence electrons. The Labute approximate surface area is 243 Å². The number of unbranched alkanes of at least 4 members (excludes halogenated alkanes) is 1. The number of allylic oxidation sites excluding steroid dienone is 12. The van der Waals surface area contributed by atoms with Crippen LogP contribution in [0.3, 0.4) is 0 Å². The Morgan fingerprint density at radius 1 is 0.659 bits per heavy atom. The predicted molar refractivity (Wildman–Crippen MR) is 164 cm³/mol. The zero-order valence-electron chi connectivity index (χ0n) is 23.8. The molecule has 0 spiro atoms. The molecular weight excluding hydrogens is 518 g/mol. The van der Waals surface area contributed by atoms with E-state index in [2.05, 4.69) is 73.8 Å². The van der Waals surface area contributed by atoms with Crippen LogP contribution in [0.4, 0.5) is 8.78 Å². The van der Waals surface area contributed by atoms with Crippen molar-refractivity contribution < 1.29 is 23.0 Å². The Bertz CT molecular complexity index is 1280. The number of cyclic esters (lactones) is 1. The number of ether oxygens (including phenoxy) is 2. The summed E-state index contributed by atoms with van der Waals surface area (Å²) in [6.07, 6.45) is 33.6. The monoisotopic (exact) mass is 558 g/mol. The molecule has 2 aromatic rings. The van der Waals surface area contributed by atoms with E-state index in [-0.39, 0.29) is 11.1 Å². The summed E-state index contributed by atoms with van der Waals surface area (Å²) in [6, 6.07) is 8.12. The molecule has 3 nitrogen and oxygen atoms in total. The lowest BCUT2D eigenvalue weighted by molar-refractivity contribution is -0.0630. The molecule has 1 unspecified atom stereocenters. The van der Waals surface area contributed by atoms with E-state index < -0.39 is 23.9 Å². The summed E-state index contributed by atoms with van der Waals surface area (Å²) in [4.78, 5) is 12.5. The van der Waals surface area contributed by atoms with E-state index in [4.69, 9.17) is 9.47 Å². The van der Waals surface area contributed by atoms with Gasteiger partial charge in [-0.25, -0.2) is 13.6 Å². The van der Waals surface area contributed by atoms with Gasteiger partial charge in [-0.05, 0) is 74.8 Å². The summed E-state index contributed by atoms with van der Waals surface area (Å²) in [6.45, 7) is 2.19. The van der Waals surface area contributed by atoms with E-state index in [1.54, 1.807) is 12.1 Å². The van der Waals surface area contributed by atoms with Crippen LogP contribution in [0.5, 0.6) is 5.75 Å². The summed E-state index contributed by atoms with van der Waals surface area (Å²) < 4.78 is 38.6. The minimum absolute atomic E-state index is 0.206. The number of hydrogen-bond acceptors (Lipinski definition) is 3. The second-order valence-corrected chi connectivity index (χ2v) is 9.66. The fraction of sp³-hybridized carbons (Fsp3) is 0.306. The minimum Gasteiger partial charge on any atom is -0.454 e. The highest BCUT2D eigenvalue weighted by Gasteiger charge is 2.27. The van der Waals surface area contributed by atoms with Crippen molar-refractivity contribution in [3.63, 3.8) is 0 Å². The number of hydrogen-bond donors (Lipinski definition) is 0. The van der Waals surface area contributed by atoms with Gasteiger partial charge in [0.25, 0.3) is 0 Å². The second kappa shape index (κ2) is 18.4. The van der Waals surface area contributed by atoms with Gasteiger partial charge in [0.1, 0.15) is 22.9 Å². The SMILES string of the molecule is CCC/C=C\C/C=C\C/C=C\C/C=C\C/C=C\C/C=C\CCC1OC(=O)c2cc(-c3ccc(F)cc3F)ccc2O1. The van der Waals surface area contributed by atoms with Crippen molar-refractivity contribution in [2.45, 2.75) is 71.0 Å². The molecule has 0 fully saturated rings. The fourth-order valence-electron chi connectivity index (χ4n) is 4.14. The maximum atomic E-state index is 14.1. The van der Waals surface area contributed by atoms with Crippen LogP contribution in [-0.2, 0) is 4.74 Å². The van der Waals surface area contributed by atoms with Gasteiger partial charge in [-0.2, -0.15) is 0 Å². The van der Waals surface area contributed by atoms with Crippen molar-refractivity contribution in [3.05, 3.63) is 127 Å². The molecule has 0 N–H and O–H groups in total. The Morgan fingerprint density at radius 3 is 1.78 bits per heavy atom. The zero-order chi connectivity index (χ0) is 29.1. The molecule has 0 radical (unpaired) electrons. The van der Waals surface area contributed by atoms with Crippen LogP contribution in [0.1, 0.15) is 75.1 Å². The van der Waals surface area contributed by atoms with Gasteiger partial charge >= 0.3 is 5.97 Å². The number of carbonyl (C=O) groups is 1. The summed E-state index contributed by atoms with van der Waals surface area (Å²) in [5.74, 6) is -1.47. The molecule has 0 aliphatic carbocycles. The van der Waals surface area contributed by atoms with Gasteiger partial charge in [-0.1, -0.05) is 92.3 Å². The van der Waals surface area contributed by atoms with Crippen molar-refractivity contribution in [2.75, 3.05) is 0 Å². The quantitative estimate of drug-likeness (QED) is 0.152. The van der Waals surface area contributed by atoms with Gasteiger partial charge < -0.3 is 9.47 Å². The molecule has 1 aliphatic rings. The first-order valence-electron chi connectivity index (χ1n) is 14.5. The van der Waals surface area contributed by atoms with Crippen molar-refractivity contribution in [1.82, 2.24) is 0 Å². The van der Waals surface area contributed by atoms with Crippen LogP contribution in [0.2, 0.25) is 0 Å². The van der Waals surface area contributed by atoms with Crippen LogP contribution < -0.4 is 4.74 Å². The van der Waals surface area contributed by atoms with Crippen molar-refractivity contribution >= 4 is 5.97 Å². The Morgan fingerprint density at radius 2 is 1.22 bits per heavy atom. The average Bonchev–Trinajstić information content (AvgIpc) is 2.96. The molecule has 1 heterocycles. The summed E-state index contributed by atoms with van der Waals surface area (Å²) >= 11 is 0. The average molecular weight is 559 g/mol. The van der Waals surface area contributed by atoms with Crippen LogP contribution in [-0.4, -0.2) is 12.3 Å². The van der Waals surface area contributed by atoms with Crippen molar-refractivity contribution in [2.24, 2.45) is 0 Å². The number of carbonyl (C=O) groups excluding carboxylic acids is 1. The van der Waals surface area contributed by atoms with Crippen LogP contribution >= 0.6 is 0 Å². The molecule has 2 aromatic carbocycles. The molecule has 3 rings (SSSR count). The Kier molecular flexibility index (Phi) is 14.1. The molecular formula is C36H40F2O3. The zero-order valence-corrected chi connectivity index (χ0v) is 23.8. The minimum atomic E-state index is -0.695. The lowest BCUT2D eigenvalue weighted by Gasteiger charge is -2.25. The Hall–Kier alpha value is -3.99. The standard InChI is InChI=1S/C36H40F2O3/c1-2-3-4-5-6-7-8-9-10-11-12-13-14-15-16-17-18-19-20-21-22-35-40-34-26-23-29(27-32(34)36(39)41-35)31-25-24-30(37)28-33(31)38/h4-5,7-8,10-11,13-14,16-17,19-20,23-28,35H,2-3,6,9,12,15,18,21-22H2,1H3/b5-4-,8-7-,11-10-,14-13-,17-16-,20-19-. The predicted octanol–water partition coefficient (Wildman–Crippen LogP) is 10.4. The highest BCUT2D eigenvalue weighted by atomic mass is 19.1. The van der Waals surface area contributed by atoms with E-state index >= 15 is 0 Å². The van der Waals surface area contributed by atoms with Gasteiger partial charge in [-0.15, -0.1) is 0 Å². The molecule has 0 saturated heterocycles. The second-order valence-electron chi connectivity index (χ2n) is 9.66. The maximum absolute atomic E-state index is 14.1. The lowest BCUT2D eigenvalue weighted by atomic mass is 10.0. The third kappa shape index (κ3) is 11.6. The van der Waals surface area contributed by atoms with Crippen LogP contribution in [0.15, 0.2) is 109 Å². The lowest BCUT2D eigenvalue weighted by Crippen LogP contribution is -2.29. The third-order valence-electron chi connectivity index (χ3n) is 6.32. The molecule has 1 aliphatic heterocycles. The molecule has 41 heavy (non-hydrogen) atoms. The smallest absolute Gasteiger partial charge is 0.345 e. The van der Waals surface area contributed by atoms with Gasteiger partial charge in [0, 0.05) is 18.1 Å². The molecule has 0 saturated carbocycles. The van der Waals surface area contributed by atoms with Crippen LogP contribution in [0, 0.1) is 11.6 Å². The molecule has 0 bridgehead atoms. The normalized spacial score (nSPS) is 15.7. The number of fused-ring (bicyclic) bond motifs is 1. The van der Waals surface area contributed by atoms with E-state index in [0.717, 1.165) is 44.6 Å². The first-order valence-corrected chi connectivity index (χ1v) is 14.5. The largest absolute Gasteiger partial charge is 0.454 e. The van der Waals surface area contributed by atoms with E-state index in [9.17, 15) is 13.6 Å². The highest BCUT2D eigenvalue weighted by Crippen LogP contribution is 2.33. The van der Waals surface area contributed by atoms with Gasteiger partial charge in [-0.3, -0.25) is 0 Å². The summed E-state index contributed by atoms with van der Waals surface area (Å²) in [5.41, 5.74) is 0.886. The molecule has 5 heteroatoms. The fourth-order valence-corrected chi connectivity index (χ4v) is 4.14. The van der Waals surface area contributed by atoms with Gasteiger partial charge in [0.2, 0.25) is 6.29 Å². The van der Waals surface area contributed by atoms with Crippen molar-refractivity contribution in [3.8, 4) is 16.9 Å². The van der Waals surface area contributed by atoms with E-state index in [0.29, 0.717) is 24.2 Å². The number of rotatable bonds is 16. The highest BCUT2D eigenvalue weighted by molar-refractivity contribution is 5.95. The summed E-state index contributed by atoms with van der Waals surface area (Å²) in [7, 11) is 0. The Balaban J connectivity index is 1.28. The third-order valence-corrected chi connectivity index (χ3v) is 6.32. The van der Waals surface area contributed by atoms with Gasteiger partial charge in [0.05, 0.1) is 0 Å². The molecule has 0 aromatic heterocycles. The topological polar surface area (TPSA) is 35.5 Å². The van der Waals surface area contributed by atoms with Crippen LogP contribution in [0.25, 0.3) is 11.1 Å². The first kappa shape index (κ1) is 31.5. The number of halogens is 2.